The molecule has 0 radical (unpaired) electrons. The van der Waals surface area contributed by atoms with Crippen LogP contribution in [0.4, 0.5) is 16.6 Å². The molecule has 3 aliphatic heterocycles. The topological polar surface area (TPSA) is 163 Å². The van der Waals surface area contributed by atoms with Gasteiger partial charge in [0.15, 0.2) is 11.6 Å². The van der Waals surface area contributed by atoms with Gasteiger partial charge in [-0.25, -0.2) is 0 Å². The van der Waals surface area contributed by atoms with Gasteiger partial charge in [-0.3, -0.25) is 4.90 Å². The SMILES string of the molecule is CCC1COC[C@@H](N)CN1c1nc(OCC2(CN3CCOCC3)CC2)nc(N2CC3(CCc4sc(N)c(C#N)c43)C2)c1C#N. The molecule has 2 aromatic heterocycles. The van der Waals surface area contributed by atoms with Gasteiger partial charge in [-0.05, 0) is 37.7 Å². The quantitative estimate of drug-likeness (QED) is 0.443. The molecule has 1 unspecified atom stereocenters. The van der Waals surface area contributed by atoms with Gasteiger partial charge in [0.05, 0.1) is 44.6 Å². The Bertz CT molecular complexity index is 1480. The van der Waals surface area contributed by atoms with Gasteiger partial charge in [0.1, 0.15) is 22.7 Å². The molecule has 4 N–H and O–H groups in total. The van der Waals surface area contributed by atoms with E-state index < -0.39 is 0 Å². The third-order valence-electron chi connectivity index (χ3n) is 10.1. The van der Waals surface area contributed by atoms with E-state index in [0.29, 0.717) is 73.2 Å². The van der Waals surface area contributed by atoms with Crippen LogP contribution in [0.1, 0.15) is 54.2 Å². The van der Waals surface area contributed by atoms with Crippen LogP contribution in [0.5, 0.6) is 6.01 Å². The Hall–Kier alpha value is -3.20. The maximum Gasteiger partial charge on any atom is 0.320 e. The number of thiophene rings is 1. The minimum absolute atomic E-state index is 0.0226. The van der Waals surface area contributed by atoms with Crippen LogP contribution in [-0.2, 0) is 21.3 Å². The first-order chi connectivity index (χ1) is 21.4. The number of hydrogen-bond acceptors (Lipinski definition) is 13. The van der Waals surface area contributed by atoms with E-state index in [2.05, 4.69) is 33.8 Å². The molecule has 5 heterocycles. The van der Waals surface area contributed by atoms with Crippen LogP contribution in [-0.4, -0.2) is 99.3 Å². The highest BCUT2D eigenvalue weighted by Crippen LogP contribution is 2.53. The number of nitriles is 2. The summed E-state index contributed by atoms with van der Waals surface area (Å²) < 4.78 is 17.9. The smallest absolute Gasteiger partial charge is 0.320 e. The number of anilines is 3. The highest BCUT2D eigenvalue weighted by Gasteiger charge is 2.52. The Labute approximate surface area is 262 Å². The average Bonchev–Trinajstić information content (AvgIpc) is 3.62. The molecule has 2 aliphatic carbocycles. The molecule has 1 saturated carbocycles. The van der Waals surface area contributed by atoms with Crippen LogP contribution in [0, 0.1) is 28.1 Å². The molecule has 0 aromatic carbocycles. The Morgan fingerprint density at radius 1 is 1.05 bits per heavy atom. The molecule has 1 spiro atoms. The lowest BCUT2D eigenvalue weighted by Gasteiger charge is -2.49. The normalized spacial score (nSPS) is 25.5. The maximum absolute atomic E-state index is 10.6. The average molecular weight is 620 g/mol. The van der Waals surface area contributed by atoms with E-state index >= 15 is 0 Å². The number of fused-ring (bicyclic) bond motifs is 2. The zero-order valence-corrected chi connectivity index (χ0v) is 26.2. The molecule has 13 heteroatoms. The van der Waals surface area contributed by atoms with Gasteiger partial charge in [0, 0.05) is 61.0 Å². The fraction of sp³-hybridized carbons (Fsp3) is 0.677. The summed E-state index contributed by atoms with van der Waals surface area (Å²) in [5, 5.41) is 21.1. The molecule has 234 valence electrons. The molecule has 12 nitrogen and oxygen atoms in total. The standard InChI is InChI=1S/C31H41N9O3S/c1-2-21-15-42-14-20(34)13-40(21)28-23(12-33)27(39-17-31(18-39)4-3-24-25(31)22(11-32)26(35)44-24)36-29(37-28)43-19-30(5-6-30)16-38-7-9-41-10-8-38/h20-21H,2-10,13-19,34-35H2,1H3/t20-,21?/m0/s1. The second-order valence-corrected chi connectivity index (χ2v) is 14.4. The molecule has 44 heavy (non-hydrogen) atoms. The predicted molar refractivity (Wildman–Crippen MR) is 167 cm³/mol. The third-order valence-corrected chi connectivity index (χ3v) is 11.2. The van der Waals surface area contributed by atoms with Crippen molar-refractivity contribution in [1.29, 1.82) is 10.5 Å². The van der Waals surface area contributed by atoms with E-state index in [9.17, 15) is 10.5 Å². The largest absolute Gasteiger partial charge is 0.463 e. The molecule has 0 amide bonds. The predicted octanol–water partition coefficient (Wildman–Crippen LogP) is 2.00. The molecule has 7 rings (SSSR count). The van der Waals surface area contributed by atoms with Gasteiger partial charge in [-0.1, -0.05) is 6.92 Å². The second-order valence-electron chi connectivity index (χ2n) is 13.2. The molecular weight excluding hydrogens is 578 g/mol. The summed E-state index contributed by atoms with van der Waals surface area (Å²) in [4.78, 5) is 17.8. The Morgan fingerprint density at radius 3 is 2.50 bits per heavy atom. The van der Waals surface area contributed by atoms with Crippen molar-refractivity contribution in [2.75, 3.05) is 87.8 Å². The summed E-state index contributed by atoms with van der Waals surface area (Å²) in [6.45, 7) is 9.88. The monoisotopic (exact) mass is 619 g/mol. The molecule has 5 aliphatic rings. The molecule has 4 fully saturated rings. The summed E-state index contributed by atoms with van der Waals surface area (Å²) in [5.41, 5.74) is 14.7. The maximum atomic E-state index is 10.6. The lowest BCUT2D eigenvalue weighted by Crippen LogP contribution is -2.59. The van der Waals surface area contributed by atoms with Crippen molar-refractivity contribution in [2.24, 2.45) is 11.1 Å². The lowest BCUT2D eigenvalue weighted by molar-refractivity contribution is 0.0231. The number of ether oxygens (including phenoxy) is 3. The van der Waals surface area contributed by atoms with Crippen LogP contribution in [0.15, 0.2) is 0 Å². The van der Waals surface area contributed by atoms with Crippen LogP contribution >= 0.6 is 11.3 Å². The van der Waals surface area contributed by atoms with E-state index in [-0.39, 0.29) is 22.9 Å². The number of aromatic nitrogens is 2. The highest BCUT2D eigenvalue weighted by atomic mass is 32.1. The second kappa shape index (κ2) is 11.6. The van der Waals surface area contributed by atoms with Crippen molar-refractivity contribution in [3.05, 3.63) is 21.6 Å². The van der Waals surface area contributed by atoms with Crippen molar-refractivity contribution in [1.82, 2.24) is 14.9 Å². The molecular formula is C31H41N9O3S. The molecule has 2 aromatic rings. The number of nitrogen functional groups attached to an aromatic ring is 1. The van der Waals surface area contributed by atoms with E-state index in [4.69, 9.17) is 35.6 Å². The Kier molecular flexibility index (Phi) is 7.79. The molecule has 3 saturated heterocycles. The number of aryl methyl sites for hydroxylation is 1. The van der Waals surface area contributed by atoms with E-state index in [1.54, 1.807) is 0 Å². The van der Waals surface area contributed by atoms with Gasteiger partial charge >= 0.3 is 6.01 Å². The first-order valence-electron chi connectivity index (χ1n) is 15.8. The summed E-state index contributed by atoms with van der Waals surface area (Å²) in [6.07, 6.45) is 4.92. The van der Waals surface area contributed by atoms with Gasteiger partial charge < -0.3 is 35.5 Å². The molecule has 2 atom stereocenters. The van der Waals surface area contributed by atoms with Gasteiger partial charge in [0.25, 0.3) is 0 Å². The number of nitrogens with zero attached hydrogens (tertiary/aromatic N) is 7. The van der Waals surface area contributed by atoms with E-state index in [1.165, 1.54) is 16.2 Å². The van der Waals surface area contributed by atoms with Crippen LogP contribution < -0.4 is 26.0 Å². The van der Waals surface area contributed by atoms with Gasteiger partial charge in [-0.15, -0.1) is 11.3 Å². The molecule has 0 bridgehead atoms. The fourth-order valence-corrected chi connectivity index (χ4v) is 8.61. The van der Waals surface area contributed by atoms with Gasteiger partial charge in [0.2, 0.25) is 0 Å². The Balaban J connectivity index is 1.20. The lowest BCUT2D eigenvalue weighted by atomic mass is 9.74. The first kappa shape index (κ1) is 29.5. The number of rotatable bonds is 8. The van der Waals surface area contributed by atoms with Crippen molar-refractivity contribution in [3.8, 4) is 18.1 Å². The van der Waals surface area contributed by atoms with Crippen molar-refractivity contribution >= 4 is 28.0 Å². The van der Waals surface area contributed by atoms with Crippen molar-refractivity contribution < 1.29 is 14.2 Å². The first-order valence-corrected chi connectivity index (χ1v) is 16.6. The zero-order valence-electron chi connectivity index (χ0n) is 25.4. The highest BCUT2D eigenvalue weighted by molar-refractivity contribution is 7.16. The van der Waals surface area contributed by atoms with E-state index in [1.807, 2.05) is 0 Å². The summed E-state index contributed by atoms with van der Waals surface area (Å²) in [5.74, 6) is 1.14. The minimum atomic E-state index is -0.207. The van der Waals surface area contributed by atoms with Gasteiger partial charge in [-0.2, -0.15) is 20.5 Å². The van der Waals surface area contributed by atoms with Crippen LogP contribution in [0.3, 0.4) is 0 Å². The summed E-state index contributed by atoms with van der Waals surface area (Å²) in [7, 11) is 0. The van der Waals surface area contributed by atoms with Crippen LogP contribution in [0.2, 0.25) is 0 Å². The zero-order chi connectivity index (χ0) is 30.5. The van der Waals surface area contributed by atoms with Crippen molar-refractivity contribution in [2.45, 2.75) is 56.5 Å². The summed E-state index contributed by atoms with van der Waals surface area (Å²) >= 11 is 1.54. The van der Waals surface area contributed by atoms with Crippen molar-refractivity contribution in [3.63, 3.8) is 0 Å². The van der Waals surface area contributed by atoms with E-state index in [0.717, 1.165) is 70.5 Å². The number of nitrogens with two attached hydrogens (primary N) is 2. The number of morpholine rings is 1. The van der Waals surface area contributed by atoms with Crippen LogP contribution in [0.25, 0.3) is 0 Å². The number of hydrogen-bond donors (Lipinski definition) is 2. The fourth-order valence-electron chi connectivity index (χ4n) is 7.47. The third kappa shape index (κ3) is 5.25. The Morgan fingerprint density at radius 2 is 1.80 bits per heavy atom. The summed E-state index contributed by atoms with van der Waals surface area (Å²) in [6, 6.07) is 4.91. The minimum Gasteiger partial charge on any atom is -0.463 e.